The Bertz CT molecular complexity index is 87.7. The molecule has 60 valence electrons. The molecule has 0 radical (unpaired) electrons. The van der Waals surface area contributed by atoms with E-state index in [0.717, 1.165) is 13.1 Å². The highest BCUT2D eigenvalue weighted by Gasteiger charge is 2.21. The molecule has 0 aromatic carbocycles. The molecule has 4 heteroatoms. The Hall–Kier alpha value is -0.160. The van der Waals surface area contributed by atoms with Crippen LogP contribution in [0.3, 0.4) is 0 Å². The number of aliphatic hydroxyl groups is 2. The molecule has 4 N–H and O–H groups in total. The van der Waals surface area contributed by atoms with E-state index in [0.29, 0.717) is 0 Å². The van der Waals surface area contributed by atoms with Crippen molar-refractivity contribution in [2.75, 3.05) is 26.3 Å². The first-order valence-corrected chi connectivity index (χ1v) is 3.57. The first-order valence-electron chi connectivity index (χ1n) is 3.57. The SMILES string of the molecule is OC[C@@H]1NCCN[C@H]1CO. The number of hydrogen-bond donors (Lipinski definition) is 4. The molecule has 0 aromatic heterocycles. The topological polar surface area (TPSA) is 64.5 Å². The van der Waals surface area contributed by atoms with Crippen LogP contribution in [0, 0.1) is 0 Å². The minimum atomic E-state index is 0.0127. The third-order valence-corrected chi connectivity index (χ3v) is 1.82. The summed E-state index contributed by atoms with van der Waals surface area (Å²) in [4.78, 5) is 0. The van der Waals surface area contributed by atoms with Gasteiger partial charge in [-0.1, -0.05) is 0 Å². The lowest BCUT2D eigenvalue weighted by Gasteiger charge is -2.30. The van der Waals surface area contributed by atoms with Crippen LogP contribution in [0.5, 0.6) is 0 Å². The number of aliphatic hydroxyl groups excluding tert-OH is 2. The largest absolute Gasteiger partial charge is 0.395 e. The van der Waals surface area contributed by atoms with Crippen molar-refractivity contribution in [3.05, 3.63) is 0 Å². The zero-order chi connectivity index (χ0) is 7.40. The molecule has 10 heavy (non-hydrogen) atoms. The highest BCUT2D eigenvalue weighted by atomic mass is 16.3. The number of hydrogen-bond acceptors (Lipinski definition) is 4. The molecule has 0 spiro atoms. The predicted octanol–water partition coefficient (Wildman–Crippen LogP) is -2.10. The van der Waals surface area contributed by atoms with Gasteiger partial charge in [0.1, 0.15) is 0 Å². The van der Waals surface area contributed by atoms with Crippen LogP contribution >= 0.6 is 0 Å². The summed E-state index contributed by atoms with van der Waals surface area (Å²) in [5.41, 5.74) is 0. The fourth-order valence-corrected chi connectivity index (χ4v) is 1.18. The highest BCUT2D eigenvalue weighted by Crippen LogP contribution is 1.95. The zero-order valence-corrected chi connectivity index (χ0v) is 5.88. The van der Waals surface area contributed by atoms with E-state index in [1.165, 1.54) is 0 Å². The standard InChI is InChI=1S/C6H14N2O2/c9-3-5-6(4-10)8-2-1-7-5/h5-10H,1-4H2/t5-,6-/m0/s1. The average Bonchev–Trinajstić information content (AvgIpc) is 2.04. The molecule has 2 atom stereocenters. The Balaban J connectivity index is 2.34. The maximum Gasteiger partial charge on any atom is 0.0600 e. The van der Waals surface area contributed by atoms with Crippen molar-refractivity contribution in [2.24, 2.45) is 0 Å². The third kappa shape index (κ3) is 1.67. The fraction of sp³-hybridized carbons (Fsp3) is 1.00. The summed E-state index contributed by atoms with van der Waals surface area (Å²) in [6, 6.07) is 0.0255. The van der Waals surface area contributed by atoms with Gasteiger partial charge < -0.3 is 20.8 Å². The fourth-order valence-electron chi connectivity index (χ4n) is 1.18. The van der Waals surface area contributed by atoms with E-state index in [9.17, 15) is 0 Å². The van der Waals surface area contributed by atoms with E-state index >= 15 is 0 Å². The van der Waals surface area contributed by atoms with E-state index in [4.69, 9.17) is 10.2 Å². The smallest absolute Gasteiger partial charge is 0.0600 e. The number of nitrogens with one attached hydrogen (secondary N) is 2. The Morgan fingerprint density at radius 2 is 1.40 bits per heavy atom. The van der Waals surface area contributed by atoms with Crippen molar-refractivity contribution in [3.8, 4) is 0 Å². The summed E-state index contributed by atoms with van der Waals surface area (Å²) in [5, 5.41) is 23.8. The minimum absolute atomic E-state index is 0.0127. The molecule has 0 saturated carbocycles. The molecule has 1 rings (SSSR count). The molecule has 0 aromatic rings. The van der Waals surface area contributed by atoms with Crippen molar-refractivity contribution in [1.82, 2.24) is 10.6 Å². The normalized spacial score (nSPS) is 34.2. The van der Waals surface area contributed by atoms with Gasteiger partial charge in [-0.15, -0.1) is 0 Å². The first kappa shape index (κ1) is 7.94. The van der Waals surface area contributed by atoms with Crippen molar-refractivity contribution < 1.29 is 10.2 Å². The van der Waals surface area contributed by atoms with Crippen LogP contribution in [0.15, 0.2) is 0 Å². The van der Waals surface area contributed by atoms with Crippen molar-refractivity contribution in [1.29, 1.82) is 0 Å². The van der Waals surface area contributed by atoms with Gasteiger partial charge in [0, 0.05) is 25.2 Å². The van der Waals surface area contributed by atoms with Crippen molar-refractivity contribution in [3.63, 3.8) is 0 Å². The van der Waals surface area contributed by atoms with Crippen LogP contribution in [0.25, 0.3) is 0 Å². The molecule has 1 fully saturated rings. The molecule has 0 bridgehead atoms. The van der Waals surface area contributed by atoms with Crippen LogP contribution in [-0.4, -0.2) is 48.6 Å². The average molecular weight is 146 g/mol. The van der Waals surface area contributed by atoms with Gasteiger partial charge in [0.25, 0.3) is 0 Å². The van der Waals surface area contributed by atoms with Crippen LogP contribution < -0.4 is 10.6 Å². The van der Waals surface area contributed by atoms with Gasteiger partial charge in [0.15, 0.2) is 0 Å². The molecular formula is C6H14N2O2. The highest BCUT2D eigenvalue weighted by molar-refractivity contribution is 4.85. The van der Waals surface area contributed by atoms with Gasteiger partial charge in [-0.25, -0.2) is 0 Å². The van der Waals surface area contributed by atoms with Gasteiger partial charge in [-0.2, -0.15) is 0 Å². The summed E-state index contributed by atoms with van der Waals surface area (Å²) in [7, 11) is 0. The van der Waals surface area contributed by atoms with Crippen LogP contribution in [-0.2, 0) is 0 Å². The molecule has 0 unspecified atom stereocenters. The minimum Gasteiger partial charge on any atom is -0.395 e. The van der Waals surface area contributed by atoms with E-state index in [1.807, 2.05) is 0 Å². The van der Waals surface area contributed by atoms with E-state index in [2.05, 4.69) is 10.6 Å². The molecule has 4 nitrogen and oxygen atoms in total. The third-order valence-electron chi connectivity index (χ3n) is 1.82. The second-order valence-electron chi connectivity index (χ2n) is 2.49. The second-order valence-corrected chi connectivity index (χ2v) is 2.49. The molecule has 1 saturated heterocycles. The number of rotatable bonds is 2. The van der Waals surface area contributed by atoms with Gasteiger partial charge >= 0.3 is 0 Å². The van der Waals surface area contributed by atoms with E-state index in [-0.39, 0.29) is 25.3 Å². The van der Waals surface area contributed by atoms with Crippen LogP contribution in [0.4, 0.5) is 0 Å². The Morgan fingerprint density at radius 3 is 1.70 bits per heavy atom. The van der Waals surface area contributed by atoms with Gasteiger partial charge in [0.2, 0.25) is 0 Å². The predicted molar refractivity (Wildman–Crippen MR) is 37.8 cm³/mol. The summed E-state index contributed by atoms with van der Waals surface area (Å²) in [5.74, 6) is 0. The Morgan fingerprint density at radius 1 is 1.00 bits per heavy atom. The second kappa shape index (κ2) is 3.88. The summed E-state index contributed by atoms with van der Waals surface area (Å²) < 4.78 is 0. The van der Waals surface area contributed by atoms with Crippen LogP contribution in [0.2, 0.25) is 0 Å². The lowest BCUT2D eigenvalue weighted by molar-refractivity contribution is 0.144. The maximum absolute atomic E-state index is 8.78. The van der Waals surface area contributed by atoms with Gasteiger partial charge in [-0.05, 0) is 0 Å². The van der Waals surface area contributed by atoms with Crippen LogP contribution in [0.1, 0.15) is 0 Å². The summed E-state index contributed by atoms with van der Waals surface area (Å²) in [6.07, 6.45) is 0. The quantitative estimate of drug-likeness (QED) is 0.360. The molecule has 0 amide bonds. The summed E-state index contributed by atoms with van der Waals surface area (Å²) in [6.45, 7) is 1.89. The van der Waals surface area contributed by atoms with E-state index < -0.39 is 0 Å². The Labute approximate surface area is 60.2 Å². The van der Waals surface area contributed by atoms with Crippen molar-refractivity contribution in [2.45, 2.75) is 12.1 Å². The lowest BCUT2D eigenvalue weighted by atomic mass is 10.1. The zero-order valence-electron chi connectivity index (χ0n) is 5.88. The lowest BCUT2D eigenvalue weighted by Crippen LogP contribution is -2.58. The maximum atomic E-state index is 8.78. The van der Waals surface area contributed by atoms with Crippen molar-refractivity contribution >= 4 is 0 Å². The van der Waals surface area contributed by atoms with Gasteiger partial charge in [-0.3, -0.25) is 0 Å². The first-order chi connectivity index (χ1) is 4.88. The van der Waals surface area contributed by atoms with Gasteiger partial charge in [0.05, 0.1) is 13.2 Å². The van der Waals surface area contributed by atoms with E-state index in [1.54, 1.807) is 0 Å². The molecule has 1 aliphatic heterocycles. The molecule has 1 heterocycles. The Kier molecular flexibility index (Phi) is 3.08. The monoisotopic (exact) mass is 146 g/mol. The number of piperazine rings is 1. The molecule has 1 aliphatic rings. The molecular weight excluding hydrogens is 132 g/mol. The summed E-state index contributed by atoms with van der Waals surface area (Å²) >= 11 is 0. The molecule has 0 aliphatic carbocycles.